The van der Waals surface area contributed by atoms with Crippen LogP contribution in [0.5, 0.6) is 5.75 Å². The van der Waals surface area contributed by atoms with E-state index in [1.165, 1.54) is 0 Å². The third-order valence-electron chi connectivity index (χ3n) is 2.70. The Kier molecular flexibility index (Phi) is 4.15. The van der Waals surface area contributed by atoms with Gasteiger partial charge in [0, 0.05) is 5.56 Å². The highest BCUT2D eigenvalue weighted by Crippen LogP contribution is 2.39. The molecular weight excluding hydrogens is 263 g/mol. The summed E-state index contributed by atoms with van der Waals surface area (Å²) in [6.45, 7) is 1.17. The fourth-order valence-corrected chi connectivity index (χ4v) is 2.29. The van der Waals surface area contributed by atoms with E-state index in [-0.39, 0.29) is 0 Å². The fraction of sp³-hybridized carbons (Fsp3) is 0.500. The summed E-state index contributed by atoms with van der Waals surface area (Å²) in [6.07, 6.45) is 0.846. The average molecular weight is 277 g/mol. The van der Waals surface area contributed by atoms with Gasteiger partial charge >= 0.3 is 0 Å². The van der Waals surface area contributed by atoms with Gasteiger partial charge in [-0.3, -0.25) is 0 Å². The Labute approximate surface area is 111 Å². The fourth-order valence-electron chi connectivity index (χ4n) is 1.79. The van der Waals surface area contributed by atoms with Crippen LogP contribution in [-0.4, -0.2) is 25.2 Å². The summed E-state index contributed by atoms with van der Waals surface area (Å²) < 4.78 is 16.4. The van der Waals surface area contributed by atoms with E-state index in [1.54, 1.807) is 7.11 Å². The topological polar surface area (TPSA) is 27.7 Å². The molecule has 0 aliphatic carbocycles. The minimum atomic E-state index is -1.06. The normalized spacial score (nSPS) is 19.3. The number of alkyl halides is 2. The molecule has 2 rings (SSSR count). The highest BCUT2D eigenvalue weighted by Gasteiger charge is 2.43. The van der Waals surface area contributed by atoms with Gasteiger partial charge < -0.3 is 14.2 Å². The Balaban J connectivity index is 2.31. The maximum absolute atomic E-state index is 6.01. The van der Waals surface area contributed by atoms with Gasteiger partial charge in [0.15, 0.2) is 4.84 Å². The minimum absolute atomic E-state index is 0.585. The van der Waals surface area contributed by atoms with Crippen LogP contribution in [0.15, 0.2) is 24.3 Å². The predicted molar refractivity (Wildman–Crippen MR) is 66.7 cm³/mol. The first-order valence-corrected chi connectivity index (χ1v) is 6.27. The van der Waals surface area contributed by atoms with Gasteiger partial charge in [-0.15, -0.1) is 0 Å². The molecule has 0 unspecified atom stereocenters. The molecule has 5 heteroatoms. The molecule has 3 nitrogen and oxygen atoms in total. The number of benzene rings is 1. The van der Waals surface area contributed by atoms with E-state index in [0.717, 1.165) is 17.7 Å². The van der Waals surface area contributed by atoms with E-state index in [4.69, 9.17) is 37.4 Å². The van der Waals surface area contributed by atoms with Gasteiger partial charge in [-0.1, -0.05) is 23.2 Å². The van der Waals surface area contributed by atoms with Crippen molar-refractivity contribution >= 4 is 23.2 Å². The van der Waals surface area contributed by atoms with Crippen molar-refractivity contribution in [3.63, 3.8) is 0 Å². The lowest BCUT2D eigenvalue weighted by molar-refractivity contribution is -0.268. The molecule has 0 radical (unpaired) electrons. The molecule has 0 aromatic heterocycles. The van der Waals surface area contributed by atoms with Gasteiger partial charge in [0.25, 0.3) is 0 Å². The van der Waals surface area contributed by atoms with Gasteiger partial charge in [-0.25, -0.2) is 0 Å². The van der Waals surface area contributed by atoms with E-state index >= 15 is 0 Å². The molecule has 0 spiro atoms. The van der Waals surface area contributed by atoms with Crippen molar-refractivity contribution in [3.05, 3.63) is 29.8 Å². The summed E-state index contributed by atoms with van der Waals surface area (Å²) in [7, 11) is 1.62. The maximum Gasteiger partial charge on any atom is 0.226 e. The van der Waals surface area contributed by atoms with Crippen LogP contribution in [0.2, 0.25) is 0 Å². The molecule has 0 saturated carbocycles. The zero-order chi connectivity index (χ0) is 12.3. The van der Waals surface area contributed by atoms with Gasteiger partial charge in [0.2, 0.25) is 5.79 Å². The van der Waals surface area contributed by atoms with E-state index in [1.807, 2.05) is 24.3 Å². The van der Waals surface area contributed by atoms with E-state index in [0.29, 0.717) is 13.2 Å². The Morgan fingerprint density at radius 1 is 1.18 bits per heavy atom. The first-order valence-electron chi connectivity index (χ1n) is 5.39. The van der Waals surface area contributed by atoms with Crippen LogP contribution in [0.4, 0.5) is 0 Å². The molecule has 0 bridgehead atoms. The summed E-state index contributed by atoms with van der Waals surface area (Å²) in [5.74, 6) is -0.298. The van der Waals surface area contributed by atoms with Crippen molar-refractivity contribution in [2.24, 2.45) is 0 Å². The molecule has 0 atom stereocenters. The summed E-state index contributed by atoms with van der Waals surface area (Å²) in [4.78, 5) is -0.781. The highest BCUT2D eigenvalue weighted by molar-refractivity contribution is 6.45. The maximum atomic E-state index is 6.01. The van der Waals surface area contributed by atoms with Gasteiger partial charge in [0.05, 0.1) is 20.3 Å². The average Bonchev–Trinajstić information content (AvgIpc) is 2.39. The Morgan fingerprint density at radius 2 is 1.76 bits per heavy atom. The van der Waals surface area contributed by atoms with Crippen molar-refractivity contribution < 1.29 is 14.2 Å². The molecule has 1 aromatic rings. The summed E-state index contributed by atoms with van der Waals surface area (Å²) >= 11 is 12.0. The standard InChI is InChI=1S/C12H14Cl2O3/c1-15-10-5-3-9(4-6-10)12(11(13)14)16-7-2-8-17-12/h3-6,11H,2,7-8H2,1H3. The minimum Gasteiger partial charge on any atom is -0.497 e. The first-order chi connectivity index (χ1) is 8.19. The molecule has 1 saturated heterocycles. The summed E-state index contributed by atoms with van der Waals surface area (Å²) in [5, 5.41) is 0. The van der Waals surface area contributed by atoms with Crippen molar-refractivity contribution in [3.8, 4) is 5.75 Å². The second kappa shape index (κ2) is 5.44. The molecule has 1 aliphatic heterocycles. The number of methoxy groups -OCH3 is 1. The van der Waals surface area contributed by atoms with Gasteiger partial charge in [-0.05, 0) is 30.7 Å². The Bertz CT molecular complexity index is 359. The molecule has 0 amide bonds. The van der Waals surface area contributed by atoms with Gasteiger partial charge in [-0.2, -0.15) is 0 Å². The SMILES string of the molecule is COc1ccc(C2(C(Cl)Cl)OCCCO2)cc1. The lowest BCUT2D eigenvalue weighted by Gasteiger charge is -2.38. The lowest BCUT2D eigenvalue weighted by atomic mass is 10.1. The van der Waals surface area contributed by atoms with Crippen LogP contribution in [0.3, 0.4) is 0 Å². The molecule has 1 heterocycles. The molecule has 1 aliphatic rings. The molecule has 1 fully saturated rings. The van der Waals surface area contributed by atoms with Crippen LogP contribution < -0.4 is 4.74 Å². The summed E-state index contributed by atoms with van der Waals surface area (Å²) in [5.41, 5.74) is 0.799. The van der Waals surface area contributed by atoms with Crippen LogP contribution in [0.25, 0.3) is 0 Å². The smallest absolute Gasteiger partial charge is 0.226 e. The molecule has 17 heavy (non-hydrogen) atoms. The van der Waals surface area contributed by atoms with E-state index in [2.05, 4.69) is 0 Å². The molecular formula is C12H14Cl2O3. The van der Waals surface area contributed by atoms with Crippen molar-refractivity contribution in [2.45, 2.75) is 17.0 Å². The van der Waals surface area contributed by atoms with Crippen LogP contribution in [0, 0.1) is 0 Å². The first kappa shape index (κ1) is 13.0. The third-order valence-corrected chi connectivity index (χ3v) is 3.28. The van der Waals surface area contributed by atoms with Crippen molar-refractivity contribution in [1.82, 2.24) is 0 Å². The predicted octanol–water partition coefficient (Wildman–Crippen LogP) is 3.09. The highest BCUT2D eigenvalue weighted by atomic mass is 35.5. The largest absolute Gasteiger partial charge is 0.497 e. The van der Waals surface area contributed by atoms with Crippen molar-refractivity contribution in [1.29, 1.82) is 0 Å². The summed E-state index contributed by atoms with van der Waals surface area (Å²) in [6, 6.07) is 7.35. The number of ether oxygens (including phenoxy) is 3. The monoisotopic (exact) mass is 276 g/mol. The number of rotatable bonds is 3. The second-order valence-corrected chi connectivity index (χ2v) is 4.84. The Hall–Kier alpha value is -0.480. The zero-order valence-electron chi connectivity index (χ0n) is 9.49. The number of hydrogen-bond donors (Lipinski definition) is 0. The van der Waals surface area contributed by atoms with Crippen molar-refractivity contribution in [2.75, 3.05) is 20.3 Å². The van der Waals surface area contributed by atoms with E-state index < -0.39 is 10.6 Å². The van der Waals surface area contributed by atoms with Crippen LogP contribution >= 0.6 is 23.2 Å². The van der Waals surface area contributed by atoms with Gasteiger partial charge in [0.1, 0.15) is 5.75 Å². The van der Waals surface area contributed by atoms with E-state index in [9.17, 15) is 0 Å². The zero-order valence-corrected chi connectivity index (χ0v) is 11.0. The lowest BCUT2D eigenvalue weighted by Crippen LogP contribution is -2.43. The second-order valence-electron chi connectivity index (χ2n) is 3.75. The molecule has 0 N–H and O–H groups in total. The quantitative estimate of drug-likeness (QED) is 0.795. The Morgan fingerprint density at radius 3 is 2.24 bits per heavy atom. The van der Waals surface area contributed by atoms with Crippen LogP contribution in [-0.2, 0) is 15.3 Å². The number of hydrogen-bond acceptors (Lipinski definition) is 3. The molecule has 94 valence electrons. The number of halogens is 2. The molecule has 1 aromatic carbocycles. The third kappa shape index (κ3) is 2.52. The van der Waals surface area contributed by atoms with Crippen LogP contribution in [0.1, 0.15) is 12.0 Å².